The van der Waals surface area contributed by atoms with Crippen LogP contribution in [-0.4, -0.2) is 31.5 Å². The van der Waals surface area contributed by atoms with Crippen LogP contribution in [-0.2, 0) is 0 Å². The third-order valence-corrected chi connectivity index (χ3v) is 3.44. The van der Waals surface area contributed by atoms with Crippen LogP contribution in [0.4, 0.5) is 0 Å². The first kappa shape index (κ1) is 16.3. The molecule has 0 amide bonds. The van der Waals surface area contributed by atoms with E-state index in [0.29, 0.717) is 12.3 Å². The van der Waals surface area contributed by atoms with Gasteiger partial charge < -0.3 is 19.9 Å². The van der Waals surface area contributed by atoms with Gasteiger partial charge in [-0.3, -0.25) is 0 Å². The van der Waals surface area contributed by atoms with E-state index in [2.05, 4.69) is 24.4 Å². The first-order valence-electron chi connectivity index (χ1n) is 7.42. The molecule has 0 fully saturated rings. The van der Waals surface area contributed by atoms with Crippen molar-refractivity contribution in [2.75, 3.05) is 20.3 Å². The fourth-order valence-electron chi connectivity index (χ4n) is 2.11. The molecule has 2 atom stereocenters. The van der Waals surface area contributed by atoms with Crippen LogP contribution in [0.15, 0.2) is 54.6 Å². The standard InChI is InChI=1S/C18H23NO3/c1-14(15-7-4-3-5-8-15)19-12-16(20)13-22-18-10-6-9-17(11-18)21-2/h3-11,14,16,19-20H,12-13H2,1-2H3/t14-,16+/m1/s1. The molecule has 2 aromatic rings. The Hall–Kier alpha value is -2.04. The molecule has 4 heteroatoms. The van der Waals surface area contributed by atoms with Gasteiger partial charge in [0.1, 0.15) is 24.2 Å². The summed E-state index contributed by atoms with van der Waals surface area (Å²) in [6.07, 6.45) is -0.572. The molecule has 2 aromatic carbocycles. The molecular formula is C18H23NO3. The van der Waals surface area contributed by atoms with E-state index in [0.717, 1.165) is 5.75 Å². The molecule has 0 radical (unpaired) electrons. The Morgan fingerprint density at radius 3 is 2.50 bits per heavy atom. The molecule has 0 saturated heterocycles. The number of rotatable bonds is 8. The fourth-order valence-corrected chi connectivity index (χ4v) is 2.11. The second-order valence-corrected chi connectivity index (χ2v) is 5.18. The lowest BCUT2D eigenvalue weighted by atomic mass is 10.1. The van der Waals surface area contributed by atoms with E-state index in [1.807, 2.05) is 36.4 Å². The smallest absolute Gasteiger partial charge is 0.123 e. The van der Waals surface area contributed by atoms with Crippen LogP contribution in [0.1, 0.15) is 18.5 Å². The van der Waals surface area contributed by atoms with Gasteiger partial charge in [0.15, 0.2) is 0 Å². The number of hydrogen-bond acceptors (Lipinski definition) is 4. The number of hydrogen-bond donors (Lipinski definition) is 2. The quantitative estimate of drug-likeness (QED) is 0.787. The maximum Gasteiger partial charge on any atom is 0.123 e. The zero-order chi connectivity index (χ0) is 15.8. The molecule has 0 aliphatic heterocycles. The molecule has 0 bridgehead atoms. The van der Waals surface area contributed by atoms with Crippen LogP contribution in [0.2, 0.25) is 0 Å². The largest absolute Gasteiger partial charge is 0.497 e. The van der Waals surface area contributed by atoms with Crippen LogP contribution in [0, 0.1) is 0 Å². The van der Waals surface area contributed by atoms with Crippen molar-refractivity contribution in [2.45, 2.75) is 19.1 Å². The minimum atomic E-state index is -0.572. The Kier molecular flexibility index (Phi) is 6.25. The molecule has 2 N–H and O–H groups in total. The predicted molar refractivity (Wildman–Crippen MR) is 87.4 cm³/mol. The molecule has 0 saturated carbocycles. The van der Waals surface area contributed by atoms with Gasteiger partial charge in [0.25, 0.3) is 0 Å². The number of ether oxygens (including phenoxy) is 2. The molecule has 118 valence electrons. The summed E-state index contributed by atoms with van der Waals surface area (Å²) in [6.45, 7) is 2.78. The highest BCUT2D eigenvalue weighted by Gasteiger charge is 2.09. The molecule has 2 rings (SSSR count). The fraction of sp³-hybridized carbons (Fsp3) is 0.333. The van der Waals surface area contributed by atoms with Crippen LogP contribution in [0.25, 0.3) is 0 Å². The van der Waals surface area contributed by atoms with Gasteiger partial charge in [-0.15, -0.1) is 0 Å². The van der Waals surface area contributed by atoms with Crippen molar-refractivity contribution in [3.8, 4) is 11.5 Å². The third-order valence-electron chi connectivity index (χ3n) is 3.44. The van der Waals surface area contributed by atoms with Crippen LogP contribution in [0.5, 0.6) is 11.5 Å². The van der Waals surface area contributed by atoms with Crippen LogP contribution < -0.4 is 14.8 Å². The van der Waals surface area contributed by atoms with Gasteiger partial charge in [0.2, 0.25) is 0 Å². The number of methoxy groups -OCH3 is 1. The molecule has 0 heterocycles. The average Bonchev–Trinajstić information content (AvgIpc) is 2.58. The lowest BCUT2D eigenvalue weighted by Gasteiger charge is -2.18. The summed E-state index contributed by atoms with van der Waals surface area (Å²) in [4.78, 5) is 0. The van der Waals surface area contributed by atoms with Crippen molar-refractivity contribution in [3.05, 3.63) is 60.2 Å². The summed E-state index contributed by atoms with van der Waals surface area (Å²) in [6, 6.07) is 17.7. The van der Waals surface area contributed by atoms with Crippen LogP contribution in [0.3, 0.4) is 0 Å². The normalized spacial score (nSPS) is 13.4. The van der Waals surface area contributed by atoms with Crippen molar-refractivity contribution >= 4 is 0 Å². The van der Waals surface area contributed by atoms with E-state index < -0.39 is 6.10 Å². The maximum atomic E-state index is 10.0. The number of nitrogens with one attached hydrogen (secondary N) is 1. The maximum absolute atomic E-state index is 10.0. The van der Waals surface area contributed by atoms with E-state index >= 15 is 0 Å². The predicted octanol–water partition coefficient (Wildman–Crippen LogP) is 2.79. The van der Waals surface area contributed by atoms with Gasteiger partial charge in [-0.25, -0.2) is 0 Å². The molecule has 4 nitrogen and oxygen atoms in total. The van der Waals surface area contributed by atoms with Gasteiger partial charge in [-0.05, 0) is 24.6 Å². The van der Waals surface area contributed by atoms with Gasteiger partial charge in [-0.1, -0.05) is 36.4 Å². The molecular weight excluding hydrogens is 278 g/mol. The Morgan fingerprint density at radius 1 is 1.05 bits per heavy atom. The minimum absolute atomic E-state index is 0.188. The number of benzene rings is 2. The lowest BCUT2D eigenvalue weighted by Crippen LogP contribution is -2.33. The number of aliphatic hydroxyl groups is 1. The minimum Gasteiger partial charge on any atom is -0.497 e. The zero-order valence-electron chi connectivity index (χ0n) is 13.0. The van der Waals surface area contributed by atoms with Crippen LogP contribution >= 0.6 is 0 Å². The van der Waals surface area contributed by atoms with Crippen molar-refractivity contribution in [1.82, 2.24) is 5.32 Å². The first-order chi connectivity index (χ1) is 10.7. The molecule has 0 aromatic heterocycles. The lowest BCUT2D eigenvalue weighted by molar-refractivity contribution is 0.104. The van der Waals surface area contributed by atoms with Gasteiger partial charge in [-0.2, -0.15) is 0 Å². The summed E-state index contributed by atoms with van der Waals surface area (Å²) in [7, 11) is 1.61. The van der Waals surface area contributed by atoms with Crippen molar-refractivity contribution in [2.24, 2.45) is 0 Å². The Labute approximate surface area is 131 Å². The summed E-state index contributed by atoms with van der Waals surface area (Å²) in [5, 5.41) is 13.3. The van der Waals surface area contributed by atoms with E-state index in [9.17, 15) is 5.11 Å². The van der Waals surface area contributed by atoms with Gasteiger partial charge >= 0.3 is 0 Å². The first-order valence-corrected chi connectivity index (χ1v) is 7.42. The van der Waals surface area contributed by atoms with E-state index in [-0.39, 0.29) is 12.6 Å². The highest BCUT2D eigenvalue weighted by molar-refractivity contribution is 5.32. The zero-order valence-corrected chi connectivity index (χ0v) is 13.0. The molecule has 0 aliphatic carbocycles. The van der Waals surface area contributed by atoms with Crippen molar-refractivity contribution in [1.29, 1.82) is 0 Å². The van der Waals surface area contributed by atoms with E-state index in [1.165, 1.54) is 5.56 Å². The van der Waals surface area contributed by atoms with Crippen molar-refractivity contribution < 1.29 is 14.6 Å². The average molecular weight is 301 g/mol. The number of aliphatic hydroxyl groups excluding tert-OH is 1. The Balaban J connectivity index is 1.74. The topological polar surface area (TPSA) is 50.7 Å². The second-order valence-electron chi connectivity index (χ2n) is 5.18. The monoisotopic (exact) mass is 301 g/mol. The summed E-state index contributed by atoms with van der Waals surface area (Å²) < 4.78 is 10.7. The second kappa shape index (κ2) is 8.41. The van der Waals surface area contributed by atoms with Gasteiger partial charge in [0.05, 0.1) is 7.11 Å². The highest BCUT2D eigenvalue weighted by atomic mass is 16.5. The van der Waals surface area contributed by atoms with E-state index in [1.54, 1.807) is 13.2 Å². The Bertz CT molecular complexity index is 559. The van der Waals surface area contributed by atoms with Crippen molar-refractivity contribution in [3.63, 3.8) is 0 Å². The Morgan fingerprint density at radius 2 is 1.77 bits per heavy atom. The summed E-state index contributed by atoms with van der Waals surface area (Å²) >= 11 is 0. The molecule has 0 unspecified atom stereocenters. The molecule has 0 spiro atoms. The van der Waals surface area contributed by atoms with Gasteiger partial charge in [0, 0.05) is 18.7 Å². The summed E-state index contributed by atoms with van der Waals surface area (Å²) in [5.74, 6) is 1.43. The highest BCUT2D eigenvalue weighted by Crippen LogP contribution is 2.19. The SMILES string of the molecule is COc1cccc(OC[C@@H](O)CN[C@H](C)c2ccccc2)c1. The molecule has 22 heavy (non-hydrogen) atoms. The summed E-state index contributed by atoms with van der Waals surface area (Å²) in [5.41, 5.74) is 1.20. The van der Waals surface area contributed by atoms with E-state index in [4.69, 9.17) is 9.47 Å². The third kappa shape index (κ3) is 5.06. The molecule has 0 aliphatic rings.